The van der Waals surface area contributed by atoms with Gasteiger partial charge >= 0.3 is 0 Å². The molecule has 2 aromatic heterocycles. The van der Waals surface area contributed by atoms with E-state index in [-0.39, 0.29) is 47.5 Å². The molecular formula is C45H45F2N7O5. The maximum Gasteiger partial charge on any atom is 0.264 e. The van der Waals surface area contributed by atoms with Crippen molar-refractivity contribution in [1.82, 2.24) is 24.6 Å². The highest BCUT2D eigenvalue weighted by molar-refractivity contribution is 6.05. The second kappa shape index (κ2) is 14.1. The van der Waals surface area contributed by atoms with E-state index in [1.54, 1.807) is 42.8 Å². The maximum absolute atomic E-state index is 15.1. The van der Waals surface area contributed by atoms with Crippen LogP contribution in [-0.4, -0.2) is 68.7 Å². The standard InChI is InChI=1S/C45H45F2N7O5/c1-24-13-36-39(50(2)44(24)57)18-32(59-3)19-40(36)51-12-4-5-25-15-34(35(42(46)47)20-38(25)51)27-21-48-53(23-27)31-16-29-6-7-30(17-31)54(29)28-8-9-33-26(14-28)22-52(45(33)58)37-10-11-41(55)49-43(37)56/h8-9,13-15,18-21,23,29-31,37,42H,4-7,10-12,16-17,22H2,1-3H3,(H,49,55,56). The number of hydrogen-bond donors (Lipinski definition) is 1. The summed E-state index contributed by atoms with van der Waals surface area (Å²) >= 11 is 0. The topological polar surface area (TPSA) is 122 Å². The molecule has 14 heteroatoms. The normalized spacial score (nSPS) is 22.7. The molecule has 0 aliphatic carbocycles. The molecule has 1 N–H and O–H groups in total. The molecule has 3 atom stereocenters. The van der Waals surface area contributed by atoms with Crippen molar-refractivity contribution in [2.24, 2.45) is 7.05 Å². The third kappa shape index (κ3) is 6.08. The van der Waals surface area contributed by atoms with Crippen LogP contribution in [0.4, 0.5) is 25.8 Å². The fourth-order valence-electron chi connectivity index (χ4n) is 10.5. The van der Waals surface area contributed by atoms with Gasteiger partial charge in [-0.25, -0.2) is 8.78 Å². The van der Waals surface area contributed by atoms with Crippen molar-refractivity contribution >= 4 is 45.7 Å². The summed E-state index contributed by atoms with van der Waals surface area (Å²) in [6.07, 6.45) is 6.75. The Morgan fingerprint density at radius 3 is 2.42 bits per heavy atom. The first-order valence-corrected chi connectivity index (χ1v) is 20.5. The summed E-state index contributed by atoms with van der Waals surface area (Å²) in [6, 6.07) is 15.1. The number of benzene rings is 3. The number of fused-ring (bicyclic) bond motifs is 5. The largest absolute Gasteiger partial charge is 0.497 e. The first kappa shape index (κ1) is 37.2. The molecule has 12 nitrogen and oxygen atoms in total. The summed E-state index contributed by atoms with van der Waals surface area (Å²) in [6.45, 7) is 2.74. The van der Waals surface area contributed by atoms with Crippen molar-refractivity contribution in [3.05, 3.63) is 99.1 Å². The van der Waals surface area contributed by atoms with Gasteiger partial charge in [0.15, 0.2) is 0 Å². The van der Waals surface area contributed by atoms with Gasteiger partial charge in [-0.1, -0.05) is 0 Å². The first-order valence-electron chi connectivity index (χ1n) is 20.5. The van der Waals surface area contributed by atoms with Gasteiger partial charge in [-0.2, -0.15) is 5.10 Å². The van der Waals surface area contributed by atoms with Crippen LogP contribution in [0.1, 0.15) is 90.0 Å². The van der Waals surface area contributed by atoms with E-state index in [1.807, 2.05) is 47.3 Å². The Morgan fingerprint density at radius 1 is 0.881 bits per heavy atom. The molecule has 10 rings (SSSR count). The number of imide groups is 1. The lowest BCUT2D eigenvalue weighted by Crippen LogP contribution is -2.52. The highest BCUT2D eigenvalue weighted by atomic mass is 19.3. The van der Waals surface area contributed by atoms with Crippen LogP contribution in [0.5, 0.6) is 5.75 Å². The second-order valence-electron chi connectivity index (χ2n) is 16.8. The molecule has 3 saturated heterocycles. The van der Waals surface area contributed by atoms with Gasteiger partial charge in [0.25, 0.3) is 17.9 Å². The SMILES string of the molecule is COc1cc(N2CCCc3cc(-c4cnn(C5CC6CCC(C5)N6c5ccc6c(c5)CN(C5CCC(=O)NC5=O)C6=O)c4)c(C(F)F)cc32)c2cc(C)c(=O)n(C)c2c1. The fourth-order valence-corrected chi connectivity index (χ4v) is 10.5. The lowest BCUT2D eigenvalue weighted by atomic mass is 9.92. The summed E-state index contributed by atoms with van der Waals surface area (Å²) in [5.41, 5.74) is 7.36. The number of halogens is 2. The zero-order chi connectivity index (χ0) is 40.9. The van der Waals surface area contributed by atoms with E-state index in [4.69, 9.17) is 9.84 Å². The number of anilines is 3. The van der Waals surface area contributed by atoms with Crippen molar-refractivity contribution < 1.29 is 27.9 Å². The van der Waals surface area contributed by atoms with Gasteiger partial charge < -0.3 is 24.0 Å². The molecule has 5 aliphatic heterocycles. The van der Waals surface area contributed by atoms with Crippen LogP contribution in [-0.2, 0) is 29.6 Å². The molecule has 0 saturated carbocycles. The number of rotatable bonds is 7. The molecule has 5 aliphatic rings. The van der Waals surface area contributed by atoms with Crippen molar-refractivity contribution in [2.75, 3.05) is 23.5 Å². The molecule has 5 aromatic rings. The molecule has 3 unspecified atom stereocenters. The number of amides is 3. The number of pyridine rings is 1. The highest BCUT2D eigenvalue weighted by Gasteiger charge is 2.44. The number of ether oxygens (including phenoxy) is 1. The number of piperidine rings is 2. The fraction of sp³-hybridized carbons (Fsp3) is 0.400. The average molecular weight is 802 g/mol. The summed E-state index contributed by atoms with van der Waals surface area (Å²) < 4.78 is 39.4. The van der Waals surface area contributed by atoms with Gasteiger partial charge in [0.1, 0.15) is 11.8 Å². The molecule has 0 spiro atoms. The minimum absolute atomic E-state index is 0.0490. The van der Waals surface area contributed by atoms with E-state index in [0.29, 0.717) is 53.0 Å². The predicted octanol–water partition coefficient (Wildman–Crippen LogP) is 6.87. The van der Waals surface area contributed by atoms with Crippen molar-refractivity contribution in [3.8, 4) is 16.9 Å². The van der Waals surface area contributed by atoms with Crippen molar-refractivity contribution in [2.45, 2.75) is 95.4 Å². The van der Waals surface area contributed by atoms with E-state index in [2.05, 4.69) is 21.2 Å². The highest BCUT2D eigenvalue weighted by Crippen LogP contribution is 2.47. The van der Waals surface area contributed by atoms with Crippen LogP contribution < -0.4 is 25.4 Å². The van der Waals surface area contributed by atoms with Gasteiger partial charge in [-0.3, -0.25) is 29.2 Å². The molecule has 59 heavy (non-hydrogen) atoms. The van der Waals surface area contributed by atoms with Crippen LogP contribution in [0, 0.1) is 6.92 Å². The minimum atomic E-state index is -2.72. The number of carbonyl (C=O) groups is 3. The lowest BCUT2D eigenvalue weighted by molar-refractivity contribution is -0.136. The van der Waals surface area contributed by atoms with Gasteiger partial charge in [0.05, 0.1) is 30.6 Å². The third-order valence-electron chi connectivity index (χ3n) is 13.4. The number of hydrogen-bond acceptors (Lipinski definition) is 8. The van der Waals surface area contributed by atoms with Gasteiger partial charge in [0.2, 0.25) is 11.8 Å². The van der Waals surface area contributed by atoms with Crippen LogP contribution in [0.15, 0.2) is 65.7 Å². The third-order valence-corrected chi connectivity index (χ3v) is 13.4. The number of nitrogens with zero attached hydrogens (tertiary/aromatic N) is 6. The number of carbonyl (C=O) groups excluding carboxylic acids is 3. The average Bonchev–Trinajstić information content (AvgIpc) is 3.92. The van der Waals surface area contributed by atoms with E-state index in [0.717, 1.165) is 72.1 Å². The van der Waals surface area contributed by atoms with Crippen LogP contribution in [0.25, 0.3) is 22.0 Å². The van der Waals surface area contributed by atoms with Crippen molar-refractivity contribution in [3.63, 3.8) is 0 Å². The number of aromatic nitrogens is 3. The van der Waals surface area contributed by atoms with Crippen LogP contribution >= 0.6 is 0 Å². The number of methoxy groups -OCH3 is 1. The molecule has 3 aromatic carbocycles. The quantitative estimate of drug-likeness (QED) is 0.177. The molecular weight excluding hydrogens is 757 g/mol. The zero-order valence-electron chi connectivity index (χ0n) is 33.2. The summed E-state index contributed by atoms with van der Waals surface area (Å²) in [7, 11) is 3.32. The van der Waals surface area contributed by atoms with E-state index in [9.17, 15) is 19.2 Å². The Hall–Kier alpha value is -6.05. The Balaban J connectivity index is 0.909. The molecule has 7 heterocycles. The maximum atomic E-state index is 15.1. The minimum Gasteiger partial charge on any atom is -0.497 e. The summed E-state index contributed by atoms with van der Waals surface area (Å²) in [5, 5.41) is 8.01. The Morgan fingerprint density at radius 2 is 1.68 bits per heavy atom. The Bertz CT molecular complexity index is 2640. The molecule has 304 valence electrons. The van der Waals surface area contributed by atoms with E-state index < -0.39 is 18.4 Å². The van der Waals surface area contributed by atoms with E-state index >= 15 is 8.78 Å². The Kier molecular flexibility index (Phi) is 8.87. The summed E-state index contributed by atoms with van der Waals surface area (Å²) in [5.74, 6) is -0.327. The smallest absolute Gasteiger partial charge is 0.264 e. The molecule has 3 amide bonds. The van der Waals surface area contributed by atoms with Gasteiger partial charge in [-0.15, -0.1) is 0 Å². The zero-order valence-corrected chi connectivity index (χ0v) is 33.2. The molecule has 3 fully saturated rings. The predicted molar refractivity (Wildman–Crippen MR) is 218 cm³/mol. The first-order chi connectivity index (χ1) is 28.5. The van der Waals surface area contributed by atoms with Gasteiger partial charge in [0, 0.05) is 96.0 Å². The second-order valence-corrected chi connectivity index (χ2v) is 16.8. The van der Waals surface area contributed by atoms with E-state index in [1.165, 1.54) is 0 Å². The van der Waals surface area contributed by atoms with Crippen LogP contribution in [0.3, 0.4) is 0 Å². The van der Waals surface area contributed by atoms with Crippen molar-refractivity contribution in [1.29, 1.82) is 0 Å². The molecule has 0 radical (unpaired) electrons. The number of aryl methyl sites for hydroxylation is 3. The van der Waals surface area contributed by atoms with Gasteiger partial charge in [-0.05, 0) is 105 Å². The monoisotopic (exact) mass is 801 g/mol. The summed E-state index contributed by atoms with van der Waals surface area (Å²) in [4.78, 5) is 56.6. The lowest BCUT2D eigenvalue weighted by Gasteiger charge is -2.40. The Labute approximate surface area is 339 Å². The molecule has 2 bridgehead atoms. The number of alkyl halides is 2. The van der Waals surface area contributed by atoms with Crippen LogP contribution in [0.2, 0.25) is 0 Å². The number of nitrogens with one attached hydrogen (secondary N) is 1.